The van der Waals surface area contributed by atoms with Crippen LogP contribution in [0.5, 0.6) is 5.75 Å². The molecule has 0 saturated carbocycles. The lowest BCUT2D eigenvalue weighted by Gasteiger charge is -2.06. The molecule has 0 aliphatic heterocycles. The third kappa shape index (κ3) is 2.87. The van der Waals surface area contributed by atoms with Crippen molar-refractivity contribution in [1.29, 1.82) is 0 Å². The number of aldehydes is 1. The van der Waals surface area contributed by atoms with Gasteiger partial charge >= 0.3 is 0 Å². The highest BCUT2D eigenvalue weighted by atomic mass is 16.5. The molecule has 0 aliphatic carbocycles. The number of methoxy groups -OCH3 is 1. The van der Waals surface area contributed by atoms with Gasteiger partial charge in [0, 0.05) is 6.42 Å². The highest BCUT2D eigenvalue weighted by Crippen LogP contribution is 2.18. The predicted octanol–water partition coefficient (Wildman–Crippen LogP) is 2.39. The highest BCUT2D eigenvalue weighted by molar-refractivity contribution is 5.50. The van der Waals surface area contributed by atoms with Gasteiger partial charge in [-0.25, -0.2) is 0 Å². The third-order valence-corrected chi connectivity index (χ3v) is 2.22. The first-order chi connectivity index (χ1) is 6.80. The molecule has 1 aromatic rings. The number of carbonyl (C=O) groups is 1. The van der Waals surface area contributed by atoms with Gasteiger partial charge in [-0.1, -0.05) is 13.0 Å². The summed E-state index contributed by atoms with van der Waals surface area (Å²) in [5.41, 5.74) is 2.43. The quantitative estimate of drug-likeness (QED) is 0.669. The zero-order chi connectivity index (χ0) is 10.4. The molecule has 0 heterocycles. The lowest BCUT2D eigenvalue weighted by Crippen LogP contribution is -1.92. The Hall–Kier alpha value is -1.31. The van der Waals surface area contributed by atoms with Crippen LogP contribution in [-0.2, 0) is 17.6 Å². The Morgan fingerprint density at radius 2 is 2.00 bits per heavy atom. The van der Waals surface area contributed by atoms with Gasteiger partial charge in [-0.05, 0) is 36.1 Å². The minimum absolute atomic E-state index is 0.580. The number of benzene rings is 1. The molecule has 2 heteroatoms. The van der Waals surface area contributed by atoms with Crippen LogP contribution in [0.4, 0.5) is 0 Å². The summed E-state index contributed by atoms with van der Waals surface area (Å²) < 4.78 is 5.19. The summed E-state index contributed by atoms with van der Waals surface area (Å²) in [6.45, 7) is 2.11. The van der Waals surface area contributed by atoms with E-state index in [9.17, 15) is 4.79 Å². The van der Waals surface area contributed by atoms with Crippen molar-refractivity contribution in [2.45, 2.75) is 26.2 Å². The van der Waals surface area contributed by atoms with Gasteiger partial charge in [0.1, 0.15) is 12.0 Å². The van der Waals surface area contributed by atoms with E-state index >= 15 is 0 Å². The lowest BCUT2D eigenvalue weighted by molar-refractivity contribution is -0.107. The van der Waals surface area contributed by atoms with Crippen molar-refractivity contribution in [1.82, 2.24) is 0 Å². The normalized spacial score (nSPS) is 9.86. The Labute approximate surface area is 84.9 Å². The molecule has 1 aromatic carbocycles. The first-order valence-corrected chi connectivity index (χ1v) is 4.90. The van der Waals surface area contributed by atoms with E-state index in [1.807, 2.05) is 12.1 Å². The fourth-order valence-corrected chi connectivity index (χ4v) is 1.42. The summed E-state index contributed by atoms with van der Waals surface area (Å²) in [5, 5.41) is 0. The Kier molecular flexibility index (Phi) is 4.17. The van der Waals surface area contributed by atoms with Gasteiger partial charge in [-0.3, -0.25) is 0 Å². The summed E-state index contributed by atoms with van der Waals surface area (Å²) >= 11 is 0. The molecule has 76 valence electrons. The van der Waals surface area contributed by atoms with E-state index in [1.54, 1.807) is 7.11 Å². The molecule has 14 heavy (non-hydrogen) atoms. The fourth-order valence-electron chi connectivity index (χ4n) is 1.42. The summed E-state index contributed by atoms with van der Waals surface area (Å²) in [4.78, 5) is 10.3. The molecule has 2 nitrogen and oxygen atoms in total. The zero-order valence-electron chi connectivity index (χ0n) is 8.75. The van der Waals surface area contributed by atoms with Crippen molar-refractivity contribution in [2.24, 2.45) is 0 Å². The van der Waals surface area contributed by atoms with Crippen molar-refractivity contribution in [2.75, 3.05) is 7.11 Å². The van der Waals surface area contributed by atoms with E-state index in [4.69, 9.17) is 4.74 Å². The van der Waals surface area contributed by atoms with Crippen LogP contribution in [0.15, 0.2) is 18.2 Å². The molecule has 1 rings (SSSR count). The van der Waals surface area contributed by atoms with Crippen LogP contribution >= 0.6 is 0 Å². The second kappa shape index (κ2) is 5.43. The smallest absolute Gasteiger partial charge is 0.120 e. The molecular formula is C12H16O2. The maximum Gasteiger partial charge on any atom is 0.120 e. The Balaban J connectivity index is 2.86. The van der Waals surface area contributed by atoms with Gasteiger partial charge in [0.05, 0.1) is 7.11 Å². The summed E-state index contributed by atoms with van der Waals surface area (Å²) in [7, 11) is 1.66. The summed E-state index contributed by atoms with van der Waals surface area (Å²) in [6.07, 6.45) is 3.32. The van der Waals surface area contributed by atoms with Crippen molar-refractivity contribution in [3.05, 3.63) is 29.3 Å². The standard InChI is InChI=1S/C12H16O2/c1-3-10-7-11(5-4-6-13)9-12(8-10)14-2/h6-9H,3-5H2,1-2H3. The van der Waals surface area contributed by atoms with Crippen LogP contribution < -0.4 is 4.74 Å². The molecular weight excluding hydrogens is 176 g/mol. The van der Waals surface area contributed by atoms with E-state index < -0.39 is 0 Å². The highest BCUT2D eigenvalue weighted by Gasteiger charge is 1.99. The van der Waals surface area contributed by atoms with Gasteiger partial charge in [0.25, 0.3) is 0 Å². The van der Waals surface area contributed by atoms with Crippen molar-refractivity contribution in [3.63, 3.8) is 0 Å². The topological polar surface area (TPSA) is 26.3 Å². The number of hydrogen-bond donors (Lipinski definition) is 0. The van der Waals surface area contributed by atoms with E-state index in [2.05, 4.69) is 13.0 Å². The van der Waals surface area contributed by atoms with Crippen LogP contribution in [0.3, 0.4) is 0 Å². The van der Waals surface area contributed by atoms with Gasteiger partial charge < -0.3 is 9.53 Å². The molecule has 0 fully saturated rings. The Morgan fingerprint density at radius 3 is 2.57 bits per heavy atom. The van der Waals surface area contributed by atoms with Crippen LogP contribution in [0.2, 0.25) is 0 Å². The number of hydrogen-bond acceptors (Lipinski definition) is 2. The SMILES string of the molecule is CCc1cc(CCC=O)cc(OC)c1. The lowest BCUT2D eigenvalue weighted by atomic mass is 10.0. The first kappa shape index (κ1) is 10.8. The monoisotopic (exact) mass is 192 g/mol. The first-order valence-electron chi connectivity index (χ1n) is 4.90. The number of carbonyl (C=O) groups excluding carboxylic acids is 1. The molecule has 0 aliphatic rings. The molecule has 0 atom stereocenters. The summed E-state index contributed by atoms with van der Waals surface area (Å²) in [6, 6.07) is 6.15. The van der Waals surface area contributed by atoms with E-state index in [-0.39, 0.29) is 0 Å². The molecule has 0 radical (unpaired) electrons. The minimum atomic E-state index is 0.580. The second-order valence-electron chi connectivity index (χ2n) is 3.25. The van der Waals surface area contributed by atoms with E-state index in [0.29, 0.717) is 6.42 Å². The second-order valence-corrected chi connectivity index (χ2v) is 3.25. The molecule has 0 aromatic heterocycles. The van der Waals surface area contributed by atoms with E-state index in [1.165, 1.54) is 11.1 Å². The van der Waals surface area contributed by atoms with Crippen molar-refractivity contribution < 1.29 is 9.53 Å². The van der Waals surface area contributed by atoms with Gasteiger partial charge in [0.2, 0.25) is 0 Å². The number of rotatable bonds is 5. The van der Waals surface area contributed by atoms with Crippen LogP contribution in [0.1, 0.15) is 24.5 Å². The van der Waals surface area contributed by atoms with Crippen LogP contribution in [-0.4, -0.2) is 13.4 Å². The average molecular weight is 192 g/mol. The number of aryl methyl sites for hydroxylation is 2. The molecule has 0 saturated heterocycles. The van der Waals surface area contributed by atoms with Crippen LogP contribution in [0.25, 0.3) is 0 Å². The summed E-state index contributed by atoms with van der Waals surface area (Å²) in [5.74, 6) is 0.880. The fraction of sp³-hybridized carbons (Fsp3) is 0.417. The number of ether oxygens (including phenoxy) is 1. The third-order valence-electron chi connectivity index (χ3n) is 2.22. The maximum absolute atomic E-state index is 10.3. The molecule has 0 unspecified atom stereocenters. The molecule has 0 bridgehead atoms. The average Bonchev–Trinajstić information content (AvgIpc) is 2.25. The largest absolute Gasteiger partial charge is 0.497 e. The Morgan fingerprint density at radius 1 is 1.29 bits per heavy atom. The minimum Gasteiger partial charge on any atom is -0.497 e. The molecule has 0 spiro atoms. The maximum atomic E-state index is 10.3. The van der Waals surface area contributed by atoms with Crippen LogP contribution in [0, 0.1) is 0 Å². The Bertz CT molecular complexity index is 283. The van der Waals surface area contributed by atoms with E-state index in [0.717, 1.165) is 24.9 Å². The molecule has 0 N–H and O–H groups in total. The molecule has 0 amide bonds. The van der Waals surface area contributed by atoms with Gasteiger partial charge in [-0.2, -0.15) is 0 Å². The van der Waals surface area contributed by atoms with Crippen molar-refractivity contribution in [3.8, 4) is 5.75 Å². The van der Waals surface area contributed by atoms with Gasteiger partial charge in [0.15, 0.2) is 0 Å². The predicted molar refractivity (Wildman–Crippen MR) is 56.8 cm³/mol. The van der Waals surface area contributed by atoms with Gasteiger partial charge in [-0.15, -0.1) is 0 Å². The van der Waals surface area contributed by atoms with Crippen molar-refractivity contribution >= 4 is 6.29 Å². The zero-order valence-corrected chi connectivity index (χ0v) is 8.75.